The first kappa shape index (κ1) is 17.6. The molecule has 0 saturated carbocycles. The Bertz CT molecular complexity index is 560. The van der Waals surface area contributed by atoms with Gasteiger partial charge in [-0.2, -0.15) is 0 Å². The molecule has 1 saturated heterocycles. The summed E-state index contributed by atoms with van der Waals surface area (Å²) in [5, 5.41) is 3.02. The Hall–Kier alpha value is -1.21. The highest BCUT2D eigenvalue weighted by atomic mass is 31.1. The van der Waals surface area contributed by atoms with Crippen molar-refractivity contribution in [3.63, 3.8) is 0 Å². The highest BCUT2D eigenvalue weighted by Gasteiger charge is 2.28. The Morgan fingerprint density at radius 3 is 2.08 bits per heavy atom. The van der Waals surface area contributed by atoms with Crippen LogP contribution in [0.4, 0.5) is 0 Å². The molecule has 0 unspecified atom stereocenters. The fourth-order valence-corrected chi connectivity index (χ4v) is 6.13. The second kappa shape index (κ2) is 8.76. The third-order valence-electron chi connectivity index (χ3n) is 4.86. The van der Waals surface area contributed by atoms with E-state index in [0.717, 1.165) is 12.6 Å². The van der Waals surface area contributed by atoms with Crippen LogP contribution in [0.15, 0.2) is 60.7 Å². The zero-order chi connectivity index (χ0) is 16.8. The first-order valence-corrected chi connectivity index (χ1v) is 10.5. The first-order chi connectivity index (χ1) is 11.7. The summed E-state index contributed by atoms with van der Waals surface area (Å²) in [6.45, 7) is 3.63. The van der Waals surface area contributed by atoms with Gasteiger partial charge in [-0.3, -0.25) is 4.90 Å². The zero-order valence-corrected chi connectivity index (χ0v) is 15.8. The lowest BCUT2D eigenvalue weighted by molar-refractivity contribution is 0.238. The van der Waals surface area contributed by atoms with Crippen LogP contribution < -0.4 is 10.6 Å². The van der Waals surface area contributed by atoms with Crippen LogP contribution in [0.1, 0.15) is 12.8 Å². The van der Waals surface area contributed by atoms with E-state index in [1.165, 1.54) is 42.7 Å². The number of benzene rings is 2. The monoisotopic (exact) mass is 340 g/mol. The Balaban J connectivity index is 1.77. The van der Waals surface area contributed by atoms with Gasteiger partial charge in [0.15, 0.2) is 0 Å². The summed E-state index contributed by atoms with van der Waals surface area (Å²) in [6.07, 6.45) is 3.99. The standard InChI is InChI=1S/C21H29N2P/c1-22(2)16-17-23-15-9-10-19(23)18-24(20-11-5-3-6-12-20)21-13-7-4-8-14-21/h3-8,11-14,19H,9-10,15-18H2,1-2H3/t19-/m0/s1. The summed E-state index contributed by atoms with van der Waals surface area (Å²) < 4.78 is 0. The largest absolute Gasteiger partial charge is 0.308 e. The van der Waals surface area contributed by atoms with Crippen molar-refractivity contribution < 1.29 is 0 Å². The van der Waals surface area contributed by atoms with Crippen LogP contribution in [0.2, 0.25) is 0 Å². The molecule has 1 fully saturated rings. The molecule has 1 aliphatic heterocycles. The van der Waals surface area contributed by atoms with E-state index < -0.39 is 0 Å². The Morgan fingerprint density at radius 2 is 1.54 bits per heavy atom. The van der Waals surface area contributed by atoms with E-state index in [2.05, 4.69) is 84.6 Å². The molecule has 0 aromatic heterocycles. The highest BCUT2D eigenvalue weighted by Crippen LogP contribution is 2.37. The summed E-state index contributed by atoms with van der Waals surface area (Å²) in [5.41, 5.74) is 0. The molecule has 0 bridgehead atoms. The summed E-state index contributed by atoms with van der Waals surface area (Å²) in [4.78, 5) is 5.02. The molecule has 1 heterocycles. The van der Waals surface area contributed by atoms with Crippen LogP contribution >= 0.6 is 7.92 Å². The van der Waals surface area contributed by atoms with Crippen LogP contribution in [-0.2, 0) is 0 Å². The van der Waals surface area contributed by atoms with Gasteiger partial charge in [0, 0.05) is 19.1 Å². The Labute approximate surface area is 148 Å². The number of likely N-dealkylation sites (tertiary alicyclic amines) is 1. The third-order valence-corrected chi connectivity index (χ3v) is 7.49. The van der Waals surface area contributed by atoms with Crippen molar-refractivity contribution in [1.29, 1.82) is 0 Å². The molecule has 3 heteroatoms. The normalized spacial score (nSPS) is 18.6. The van der Waals surface area contributed by atoms with Crippen molar-refractivity contribution in [2.45, 2.75) is 18.9 Å². The van der Waals surface area contributed by atoms with Gasteiger partial charge in [-0.15, -0.1) is 0 Å². The van der Waals surface area contributed by atoms with E-state index in [-0.39, 0.29) is 7.92 Å². The second-order valence-corrected chi connectivity index (χ2v) is 9.17. The van der Waals surface area contributed by atoms with Crippen molar-refractivity contribution in [2.75, 3.05) is 39.9 Å². The summed E-state index contributed by atoms with van der Waals surface area (Å²) in [5.74, 6) is 0. The number of nitrogens with zero attached hydrogens (tertiary/aromatic N) is 2. The minimum absolute atomic E-state index is 0.270. The molecule has 0 amide bonds. The molecule has 128 valence electrons. The maximum absolute atomic E-state index is 2.72. The van der Waals surface area contributed by atoms with E-state index in [0.29, 0.717) is 0 Å². The zero-order valence-electron chi connectivity index (χ0n) is 14.9. The van der Waals surface area contributed by atoms with Gasteiger partial charge >= 0.3 is 0 Å². The van der Waals surface area contributed by atoms with Crippen molar-refractivity contribution in [2.24, 2.45) is 0 Å². The second-order valence-electron chi connectivity index (χ2n) is 6.92. The molecule has 0 N–H and O–H groups in total. The van der Waals surface area contributed by atoms with Crippen molar-refractivity contribution in [3.05, 3.63) is 60.7 Å². The molecule has 1 aliphatic rings. The fraction of sp³-hybridized carbons (Fsp3) is 0.429. The Kier molecular flexibility index (Phi) is 6.43. The molecule has 0 spiro atoms. The minimum atomic E-state index is -0.270. The lowest BCUT2D eigenvalue weighted by atomic mass is 10.2. The molecule has 0 radical (unpaired) electrons. The van der Waals surface area contributed by atoms with Gasteiger partial charge < -0.3 is 4.90 Å². The van der Waals surface area contributed by atoms with Crippen LogP contribution in [-0.4, -0.2) is 55.7 Å². The average molecular weight is 340 g/mol. The molecule has 24 heavy (non-hydrogen) atoms. The summed E-state index contributed by atoms with van der Waals surface area (Å²) in [7, 11) is 4.08. The van der Waals surface area contributed by atoms with Crippen LogP contribution in [0.5, 0.6) is 0 Å². The van der Waals surface area contributed by atoms with Crippen LogP contribution in [0, 0.1) is 0 Å². The molecule has 2 aromatic carbocycles. The molecule has 2 aromatic rings. The molecule has 1 atom stereocenters. The van der Waals surface area contributed by atoms with E-state index in [9.17, 15) is 0 Å². The highest BCUT2D eigenvalue weighted by molar-refractivity contribution is 7.73. The maximum atomic E-state index is 2.72. The topological polar surface area (TPSA) is 6.48 Å². The summed E-state index contributed by atoms with van der Waals surface area (Å²) >= 11 is 0. The minimum Gasteiger partial charge on any atom is -0.308 e. The van der Waals surface area contributed by atoms with Crippen molar-refractivity contribution >= 4 is 18.5 Å². The molecular weight excluding hydrogens is 311 g/mol. The molecule has 0 aliphatic carbocycles. The number of likely N-dealkylation sites (N-methyl/N-ethyl adjacent to an activating group) is 1. The van der Waals surface area contributed by atoms with Gasteiger partial charge in [0.1, 0.15) is 0 Å². The predicted octanol–water partition coefficient (Wildman–Crippen LogP) is 3.15. The van der Waals surface area contributed by atoms with E-state index in [1.54, 1.807) is 0 Å². The van der Waals surface area contributed by atoms with Gasteiger partial charge in [-0.25, -0.2) is 0 Å². The van der Waals surface area contributed by atoms with Crippen LogP contribution in [0.25, 0.3) is 0 Å². The third kappa shape index (κ3) is 4.66. The number of rotatable bonds is 7. The van der Waals surface area contributed by atoms with Crippen molar-refractivity contribution in [1.82, 2.24) is 9.80 Å². The quantitative estimate of drug-likeness (QED) is 0.715. The van der Waals surface area contributed by atoms with E-state index in [1.807, 2.05) is 0 Å². The van der Waals surface area contributed by atoms with Gasteiger partial charge in [0.25, 0.3) is 0 Å². The maximum Gasteiger partial charge on any atom is 0.0141 e. The smallest absolute Gasteiger partial charge is 0.0141 e. The van der Waals surface area contributed by atoms with Crippen LogP contribution in [0.3, 0.4) is 0 Å². The van der Waals surface area contributed by atoms with Gasteiger partial charge in [-0.1, -0.05) is 60.7 Å². The first-order valence-electron chi connectivity index (χ1n) is 9.00. The lowest BCUT2D eigenvalue weighted by Crippen LogP contribution is -2.38. The van der Waals surface area contributed by atoms with Crippen molar-refractivity contribution in [3.8, 4) is 0 Å². The van der Waals surface area contributed by atoms with E-state index >= 15 is 0 Å². The molecular formula is C21H29N2P. The number of hydrogen-bond acceptors (Lipinski definition) is 2. The molecule has 2 nitrogen and oxygen atoms in total. The summed E-state index contributed by atoms with van der Waals surface area (Å²) in [6, 6.07) is 23.0. The van der Waals surface area contributed by atoms with E-state index in [4.69, 9.17) is 0 Å². The average Bonchev–Trinajstić information content (AvgIpc) is 3.06. The molecule has 3 rings (SSSR count). The Morgan fingerprint density at radius 1 is 0.958 bits per heavy atom. The van der Waals surface area contributed by atoms with Gasteiger partial charge in [0.05, 0.1) is 0 Å². The predicted molar refractivity (Wildman–Crippen MR) is 107 cm³/mol. The van der Waals surface area contributed by atoms with Gasteiger partial charge in [0.2, 0.25) is 0 Å². The SMILES string of the molecule is CN(C)CCN1CCC[C@H]1CP(c1ccccc1)c1ccccc1. The fourth-order valence-electron chi connectivity index (χ4n) is 3.51. The van der Waals surface area contributed by atoms with Gasteiger partial charge in [-0.05, 0) is 58.2 Å². The number of hydrogen-bond donors (Lipinski definition) is 0. The lowest BCUT2D eigenvalue weighted by Gasteiger charge is -2.30.